The molecule has 3 N–H and O–H groups in total. The van der Waals surface area contributed by atoms with Gasteiger partial charge in [0, 0.05) is 95.8 Å². The molecular weight excluding hydrogens is 1020 g/mol. The first-order chi connectivity index (χ1) is 36.0. The van der Waals surface area contributed by atoms with Gasteiger partial charge < -0.3 is 30.7 Å². The van der Waals surface area contributed by atoms with Crippen LogP contribution in [0, 0.1) is 101 Å². The monoisotopic (exact) mass is 1060 g/mol. The Hall–Kier alpha value is -10.9. The third kappa shape index (κ3) is 14.1. The van der Waals surface area contributed by atoms with Crippen molar-refractivity contribution in [2.75, 3.05) is 90.8 Å². The summed E-state index contributed by atoms with van der Waals surface area (Å²) in [5, 5.41) is 126. The second-order valence-electron chi connectivity index (χ2n) is 15.6. The Bertz CT molecular complexity index is 3140. The van der Waals surface area contributed by atoms with Crippen LogP contribution in [-0.2, 0) is 0 Å². The molecule has 0 aliphatic rings. The molecule has 0 aliphatic carbocycles. The summed E-state index contributed by atoms with van der Waals surface area (Å²) < 4.78 is 0. The Kier molecular flexibility index (Phi) is 18.4. The number of rotatable bonds is 30. The zero-order valence-corrected chi connectivity index (χ0v) is 38.7. The summed E-state index contributed by atoms with van der Waals surface area (Å²) in [6, 6.07) is 13.7. The molecule has 5 aromatic carbocycles. The number of nitro benzene ring substituents is 10. The number of nitro groups is 10. The van der Waals surface area contributed by atoms with Gasteiger partial charge in [-0.2, -0.15) is 0 Å². The summed E-state index contributed by atoms with van der Waals surface area (Å²) in [4.78, 5) is 113. The van der Waals surface area contributed by atoms with Gasteiger partial charge in [-0.05, 0) is 30.3 Å². The third-order valence-electron chi connectivity index (χ3n) is 11.1. The molecule has 398 valence electrons. The molecule has 36 nitrogen and oxygen atoms in total. The van der Waals surface area contributed by atoms with Crippen molar-refractivity contribution < 1.29 is 49.2 Å². The molecule has 0 aliphatic heterocycles. The van der Waals surface area contributed by atoms with Crippen LogP contribution in [0.15, 0.2) is 91.0 Å². The summed E-state index contributed by atoms with van der Waals surface area (Å²) in [5.41, 5.74) is -7.68. The van der Waals surface area contributed by atoms with Gasteiger partial charge in [0.2, 0.25) is 0 Å². The van der Waals surface area contributed by atoms with Gasteiger partial charge in [0.1, 0.15) is 28.4 Å². The smallest absolute Gasteiger partial charge is 0.299 e. The maximum atomic E-state index is 12.4. The van der Waals surface area contributed by atoms with E-state index in [1.165, 1.54) is 14.7 Å². The Labute approximate surface area is 422 Å². The lowest BCUT2D eigenvalue weighted by Crippen LogP contribution is -2.42. The highest BCUT2D eigenvalue weighted by molar-refractivity contribution is 5.71. The van der Waals surface area contributed by atoms with Crippen molar-refractivity contribution in [3.05, 3.63) is 192 Å². The molecule has 0 spiro atoms. The third-order valence-corrected chi connectivity index (χ3v) is 11.1. The standard InChI is InChI=1S/C40H38N16O20/c57-47(58)26-1-6-31(36(21-26)52(67)68)42-13-17-44(33-8-3-28(49(61)62)23-38(33)54(71)72)15-11-41-12-16-45(34-9-4-29(50(63)64)24-39(34)55(73)74)19-20-46(35-10-5-30(51(65)66)25-40(35)56(75)76)18-14-43-32-7-2-27(48(59)60)22-37(32)53(69)70/h1-10,21-25,41-43H,11-20H2. The Morgan fingerprint density at radius 2 is 0.526 bits per heavy atom. The fraction of sp³-hybridized carbons (Fsp3) is 0.250. The number of hydrogen-bond acceptors (Lipinski definition) is 26. The molecule has 0 aromatic heterocycles. The van der Waals surface area contributed by atoms with Gasteiger partial charge in [-0.15, -0.1) is 0 Å². The van der Waals surface area contributed by atoms with Gasteiger partial charge in [-0.3, -0.25) is 101 Å². The Morgan fingerprint density at radius 1 is 0.289 bits per heavy atom. The second kappa shape index (κ2) is 24.9. The topological polar surface area (TPSA) is 477 Å². The summed E-state index contributed by atoms with van der Waals surface area (Å²) in [7, 11) is 0. The number of nitrogens with one attached hydrogen (secondary N) is 3. The molecule has 76 heavy (non-hydrogen) atoms. The van der Waals surface area contributed by atoms with Crippen LogP contribution >= 0.6 is 0 Å². The highest BCUT2D eigenvalue weighted by Gasteiger charge is 2.29. The van der Waals surface area contributed by atoms with E-state index in [0.29, 0.717) is 30.3 Å². The van der Waals surface area contributed by atoms with Crippen molar-refractivity contribution in [1.29, 1.82) is 0 Å². The first kappa shape index (κ1) is 56.0. The molecule has 0 heterocycles. The van der Waals surface area contributed by atoms with Gasteiger partial charge in [0.25, 0.3) is 56.9 Å². The van der Waals surface area contributed by atoms with Crippen molar-refractivity contribution in [2.24, 2.45) is 0 Å². The highest BCUT2D eigenvalue weighted by atomic mass is 16.7. The van der Waals surface area contributed by atoms with Crippen LogP contribution in [0.5, 0.6) is 0 Å². The van der Waals surface area contributed by atoms with Gasteiger partial charge in [-0.1, -0.05) is 0 Å². The largest absolute Gasteiger partial charge is 0.378 e. The quantitative estimate of drug-likeness (QED) is 0.0254. The molecule has 0 saturated carbocycles. The van der Waals surface area contributed by atoms with Crippen molar-refractivity contribution in [3.8, 4) is 0 Å². The second-order valence-corrected chi connectivity index (χ2v) is 15.6. The van der Waals surface area contributed by atoms with E-state index in [2.05, 4.69) is 16.0 Å². The van der Waals surface area contributed by atoms with E-state index in [1.54, 1.807) is 0 Å². The lowest BCUT2D eigenvalue weighted by Gasteiger charge is -2.30. The number of hydrogen-bond donors (Lipinski definition) is 3. The molecule has 0 radical (unpaired) electrons. The zero-order chi connectivity index (χ0) is 56.0. The first-order valence-corrected chi connectivity index (χ1v) is 21.6. The van der Waals surface area contributed by atoms with E-state index in [4.69, 9.17) is 0 Å². The lowest BCUT2D eigenvalue weighted by atomic mass is 10.2. The summed E-state index contributed by atoms with van der Waals surface area (Å²) in [5.74, 6) is 0. The summed E-state index contributed by atoms with van der Waals surface area (Å²) in [6.45, 7) is -2.13. The molecule has 36 heteroatoms. The van der Waals surface area contributed by atoms with Crippen molar-refractivity contribution >= 4 is 85.3 Å². The molecular formula is C40H38N16O20. The van der Waals surface area contributed by atoms with E-state index < -0.39 is 106 Å². The maximum absolute atomic E-state index is 12.4. The molecule has 5 rings (SSSR count). The van der Waals surface area contributed by atoms with Crippen molar-refractivity contribution in [3.63, 3.8) is 0 Å². The number of anilines is 5. The zero-order valence-electron chi connectivity index (χ0n) is 38.7. The highest BCUT2D eigenvalue weighted by Crippen LogP contribution is 2.36. The molecule has 0 atom stereocenters. The lowest BCUT2D eigenvalue weighted by molar-refractivity contribution is -0.394. The number of non-ortho nitro benzene ring substituents is 5. The molecule has 0 amide bonds. The van der Waals surface area contributed by atoms with Crippen molar-refractivity contribution in [2.45, 2.75) is 0 Å². The van der Waals surface area contributed by atoms with E-state index >= 15 is 0 Å². The molecule has 0 saturated heterocycles. The van der Waals surface area contributed by atoms with E-state index in [-0.39, 0.29) is 93.9 Å². The normalized spacial score (nSPS) is 10.7. The van der Waals surface area contributed by atoms with Crippen molar-refractivity contribution in [1.82, 2.24) is 5.32 Å². The minimum atomic E-state index is -0.920. The van der Waals surface area contributed by atoms with Crippen LogP contribution in [0.2, 0.25) is 0 Å². The molecule has 0 bridgehead atoms. The van der Waals surface area contributed by atoms with Crippen LogP contribution in [-0.4, -0.2) is 115 Å². The van der Waals surface area contributed by atoms with Crippen LogP contribution in [0.3, 0.4) is 0 Å². The Morgan fingerprint density at radius 3 is 0.789 bits per heavy atom. The number of nitrogens with zero attached hydrogens (tertiary/aromatic N) is 13. The van der Waals surface area contributed by atoms with Gasteiger partial charge >= 0.3 is 0 Å². The minimum Gasteiger partial charge on any atom is -0.378 e. The minimum absolute atomic E-state index is 0.0798. The van der Waals surface area contributed by atoms with E-state index in [0.717, 1.165) is 60.7 Å². The van der Waals surface area contributed by atoms with E-state index in [1.807, 2.05) is 0 Å². The fourth-order valence-corrected chi connectivity index (χ4v) is 7.49. The average molecular weight is 1060 g/mol. The SMILES string of the molecule is O=[N+]([O-])c1ccc(NCCN(CCNCCN(CCN(CCNc2ccc([N+](=O)[O-])cc2[N+](=O)[O-])c2ccc([N+](=O)[O-])cc2[N+](=O)[O-])c2ccc([N+](=O)[O-])cc2[N+](=O)[O-])c2ccc([N+](=O)[O-])cc2[N+](=O)[O-])c([N+](=O)[O-])c1. The fourth-order valence-electron chi connectivity index (χ4n) is 7.49. The molecule has 5 aromatic rings. The average Bonchev–Trinajstić information content (AvgIpc) is 3.37. The van der Waals surface area contributed by atoms with Crippen LogP contribution in [0.25, 0.3) is 0 Å². The molecule has 0 fully saturated rings. The Balaban J connectivity index is 1.45. The van der Waals surface area contributed by atoms with Crippen LogP contribution < -0.4 is 30.7 Å². The van der Waals surface area contributed by atoms with Gasteiger partial charge in [0.05, 0.1) is 79.6 Å². The van der Waals surface area contributed by atoms with Crippen LogP contribution in [0.1, 0.15) is 0 Å². The first-order valence-electron chi connectivity index (χ1n) is 21.6. The summed E-state index contributed by atoms with van der Waals surface area (Å²) in [6.07, 6.45) is 0. The number of benzene rings is 5. The van der Waals surface area contributed by atoms with E-state index in [9.17, 15) is 101 Å². The van der Waals surface area contributed by atoms with Gasteiger partial charge in [0.15, 0.2) is 0 Å². The van der Waals surface area contributed by atoms with Gasteiger partial charge in [-0.25, -0.2) is 0 Å². The maximum Gasteiger partial charge on any atom is 0.299 e. The molecule has 0 unspecified atom stereocenters. The predicted octanol–water partition coefficient (Wildman–Crippen LogP) is 6.40. The predicted molar refractivity (Wildman–Crippen MR) is 265 cm³/mol. The summed E-state index contributed by atoms with van der Waals surface area (Å²) >= 11 is 0. The van der Waals surface area contributed by atoms with Crippen LogP contribution in [0.4, 0.5) is 85.3 Å².